The van der Waals surface area contributed by atoms with Crippen molar-refractivity contribution in [1.29, 1.82) is 0 Å². The van der Waals surface area contributed by atoms with Gasteiger partial charge in [0.15, 0.2) is 5.11 Å². The van der Waals surface area contributed by atoms with Crippen molar-refractivity contribution in [1.82, 2.24) is 15.2 Å². The summed E-state index contributed by atoms with van der Waals surface area (Å²) in [4.78, 5) is 16.8. The molecule has 0 aliphatic carbocycles. The average molecular weight is 321 g/mol. The predicted octanol–water partition coefficient (Wildman–Crippen LogP) is 0.835. The predicted molar refractivity (Wildman–Crippen MR) is 90.3 cm³/mol. The molecular weight excluding hydrogens is 302 g/mol. The molecule has 0 radical (unpaired) electrons. The van der Waals surface area contributed by atoms with Gasteiger partial charge in [-0.15, -0.1) is 0 Å². The summed E-state index contributed by atoms with van der Waals surface area (Å²) in [5, 5.41) is 13.4. The average Bonchev–Trinajstić information content (AvgIpc) is 2.53. The number of hydrogen-bond donors (Lipinski definition) is 3. The summed E-state index contributed by atoms with van der Waals surface area (Å²) < 4.78 is 5.15. The van der Waals surface area contributed by atoms with Crippen molar-refractivity contribution in [2.45, 2.75) is 6.54 Å². The van der Waals surface area contributed by atoms with Crippen LogP contribution in [-0.2, 0) is 6.54 Å². The van der Waals surface area contributed by atoms with Gasteiger partial charge in [-0.1, -0.05) is 0 Å². The lowest BCUT2D eigenvalue weighted by Crippen LogP contribution is -2.40. The molecular formula is C15H19N3O3S. The Balaban J connectivity index is 2.36. The summed E-state index contributed by atoms with van der Waals surface area (Å²) in [7, 11) is 3.29. The van der Waals surface area contributed by atoms with Crippen LogP contribution in [-0.4, -0.2) is 47.4 Å². The fraction of sp³-hybridized carbons (Fsp3) is 0.333. The normalized spacial score (nSPS) is 10.5. The molecule has 2 rings (SSSR count). The Bertz CT molecular complexity index is 730. The summed E-state index contributed by atoms with van der Waals surface area (Å²) in [6, 6.07) is 7.34. The molecule has 0 unspecified atom stereocenters. The first-order chi connectivity index (χ1) is 10.6. The lowest BCUT2D eigenvalue weighted by molar-refractivity contribution is 0.245. The van der Waals surface area contributed by atoms with E-state index in [1.54, 1.807) is 25.1 Å². The van der Waals surface area contributed by atoms with Crippen molar-refractivity contribution >= 4 is 28.2 Å². The lowest BCUT2D eigenvalue weighted by atomic mass is 10.1. The number of H-pyrrole nitrogens is 1. The van der Waals surface area contributed by atoms with Crippen molar-refractivity contribution in [3.05, 3.63) is 40.2 Å². The Hall–Kier alpha value is -2.12. The van der Waals surface area contributed by atoms with Gasteiger partial charge in [-0.25, -0.2) is 0 Å². The molecule has 0 saturated carbocycles. The smallest absolute Gasteiger partial charge is 0.253 e. The number of thiocarbonyl (C=S) groups is 1. The largest absolute Gasteiger partial charge is 0.497 e. The number of aromatic amines is 1. The number of pyridine rings is 1. The van der Waals surface area contributed by atoms with Gasteiger partial charge in [0.25, 0.3) is 5.56 Å². The van der Waals surface area contributed by atoms with Gasteiger partial charge in [0.05, 0.1) is 25.8 Å². The third-order valence-electron chi connectivity index (χ3n) is 3.36. The highest BCUT2D eigenvalue weighted by Crippen LogP contribution is 2.18. The first-order valence-electron chi connectivity index (χ1n) is 6.86. The topological polar surface area (TPSA) is 77.6 Å². The molecule has 7 heteroatoms. The van der Waals surface area contributed by atoms with Crippen LogP contribution in [0.1, 0.15) is 5.56 Å². The number of aliphatic hydroxyl groups is 1. The number of rotatable bonds is 5. The second-order valence-electron chi connectivity index (χ2n) is 4.78. The Morgan fingerprint density at radius 2 is 2.23 bits per heavy atom. The molecule has 6 nitrogen and oxygen atoms in total. The van der Waals surface area contributed by atoms with Crippen molar-refractivity contribution in [2.75, 3.05) is 27.3 Å². The number of ether oxygens (including phenoxy) is 1. The first kappa shape index (κ1) is 16.3. The number of nitrogens with one attached hydrogen (secondary N) is 2. The van der Waals surface area contributed by atoms with Crippen molar-refractivity contribution in [3.63, 3.8) is 0 Å². The number of aliphatic hydroxyl groups excluding tert-OH is 1. The molecule has 2 aromatic rings. The molecule has 1 aromatic heterocycles. The van der Waals surface area contributed by atoms with E-state index in [1.165, 1.54) is 0 Å². The maximum absolute atomic E-state index is 12.2. The van der Waals surface area contributed by atoms with Crippen LogP contribution in [0, 0.1) is 0 Å². The molecule has 0 atom stereocenters. The zero-order chi connectivity index (χ0) is 16.1. The van der Waals surface area contributed by atoms with Gasteiger partial charge in [0, 0.05) is 25.2 Å². The highest BCUT2D eigenvalue weighted by Gasteiger charge is 2.12. The minimum Gasteiger partial charge on any atom is -0.497 e. The van der Waals surface area contributed by atoms with Gasteiger partial charge in [0.2, 0.25) is 0 Å². The van der Waals surface area contributed by atoms with E-state index in [9.17, 15) is 4.79 Å². The summed E-state index contributed by atoms with van der Waals surface area (Å²) in [5.74, 6) is 0.689. The minimum atomic E-state index is -0.178. The second-order valence-corrected chi connectivity index (χ2v) is 5.16. The van der Waals surface area contributed by atoms with Gasteiger partial charge in [-0.3, -0.25) is 4.79 Å². The minimum absolute atomic E-state index is 0.0372. The first-order valence-corrected chi connectivity index (χ1v) is 7.27. The van der Waals surface area contributed by atoms with Crippen LogP contribution >= 0.6 is 12.2 Å². The van der Waals surface area contributed by atoms with E-state index >= 15 is 0 Å². The third kappa shape index (κ3) is 3.55. The fourth-order valence-corrected chi connectivity index (χ4v) is 2.36. The second kappa shape index (κ2) is 7.24. The van der Waals surface area contributed by atoms with Gasteiger partial charge < -0.3 is 25.0 Å². The SMILES string of the molecule is CNC(=S)N(CCO)Cc1cc2ccc(OC)cc2[nH]c1=O. The maximum Gasteiger partial charge on any atom is 0.253 e. The molecule has 0 aliphatic rings. The Labute approximate surface area is 133 Å². The number of benzene rings is 1. The standard InChI is InChI=1S/C15H19N3O3S/c1-16-15(22)18(5-6-19)9-11-7-10-3-4-12(21-2)8-13(10)17-14(11)20/h3-4,7-8,19H,5-6,9H2,1-2H3,(H,16,22)(H,17,20). The van der Waals surface area contributed by atoms with E-state index in [-0.39, 0.29) is 12.2 Å². The Morgan fingerprint density at radius 3 is 2.86 bits per heavy atom. The molecule has 118 valence electrons. The van der Waals surface area contributed by atoms with E-state index in [4.69, 9.17) is 22.1 Å². The van der Waals surface area contributed by atoms with E-state index < -0.39 is 0 Å². The molecule has 0 bridgehead atoms. The molecule has 3 N–H and O–H groups in total. The Morgan fingerprint density at radius 1 is 1.45 bits per heavy atom. The highest BCUT2D eigenvalue weighted by atomic mass is 32.1. The molecule has 0 spiro atoms. The summed E-state index contributed by atoms with van der Waals surface area (Å²) in [6.07, 6.45) is 0. The van der Waals surface area contributed by atoms with Crippen LogP contribution in [0.4, 0.5) is 0 Å². The summed E-state index contributed by atoms with van der Waals surface area (Å²) in [6.45, 7) is 0.655. The van der Waals surface area contributed by atoms with Gasteiger partial charge in [-0.05, 0) is 35.8 Å². The van der Waals surface area contributed by atoms with Crippen LogP contribution in [0.15, 0.2) is 29.1 Å². The van der Waals surface area contributed by atoms with Crippen molar-refractivity contribution < 1.29 is 9.84 Å². The fourth-order valence-electron chi connectivity index (χ4n) is 2.21. The molecule has 0 fully saturated rings. The van der Waals surface area contributed by atoms with Crippen LogP contribution in [0.3, 0.4) is 0 Å². The zero-order valence-corrected chi connectivity index (χ0v) is 13.4. The zero-order valence-electron chi connectivity index (χ0n) is 12.5. The van der Waals surface area contributed by atoms with Crippen LogP contribution in [0.5, 0.6) is 5.75 Å². The molecule has 1 heterocycles. The lowest BCUT2D eigenvalue weighted by Gasteiger charge is -2.23. The number of hydrogen-bond acceptors (Lipinski definition) is 4. The van der Waals surface area contributed by atoms with Crippen LogP contribution < -0.4 is 15.6 Å². The molecule has 0 amide bonds. The molecule has 0 saturated heterocycles. The van der Waals surface area contributed by atoms with Gasteiger partial charge >= 0.3 is 0 Å². The number of aromatic nitrogens is 1. The maximum atomic E-state index is 12.2. The van der Waals surface area contributed by atoms with Gasteiger partial charge in [-0.2, -0.15) is 0 Å². The van der Waals surface area contributed by atoms with E-state index in [0.29, 0.717) is 29.5 Å². The van der Waals surface area contributed by atoms with Crippen LogP contribution in [0.2, 0.25) is 0 Å². The van der Waals surface area contributed by atoms with Crippen molar-refractivity contribution in [3.8, 4) is 5.75 Å². The quantitative estimate of drug-likeness (QED) is 0.708. The van der Waals surface area contributed by atoms with E-state index in [1.807, 2.05) is 18.2 Å². The monoisotopic (exact) mass is 321 g/mol. The summed E-state index contributed by atoms with van der Waals surface area (Å²) >= 11 is 5.19. The highest BCUT2D eigenvalue weighted by molar-refractivity contribution is 7.80. The number of nitrogens with zero attached hydrogens (tertiary/aromatic N) is 1. The van der Waals surface area contributed by atoms with E-state index in [2.05, 4.69) is 10.3 Å². The van der Waals surface area contributed by atoms with Crippen molar-refractivity contribution in [2.24, 2.45) is 0 Å². The number of fused-ring (bicyclic) bond motifs is 1. The molecule has 22 heavy (non-hydrogen) atoms. The molecule has 1 aromatic carbocycles. The van der Waals surface area contributed by atoms with Gasteiger partial charge in [0.1, 0.15) is 5.75 Å². The molecule has 0 aliphatic heterocycles. The third-order valence-corrected chi connectivity index (χ3v) is 3.82. The van der Waals surface area contributed by atoms with Crippen LogP contribution in [0.25, 0.3) is 10.9 Å². The van der Waals surface area contributed by atoms with E-state index in [0.717, 1.165) is 10.9 Å². The summed E-state index contributed by atoms with van der Waals surface area (Å²) in [5.41, 5.74) is 1.13. The number of methoxy groups -OCH3 is 1. The Kier molecular flexibility index (Phi) is 5.35.